The van der Waals surface area contributed by atoms with Gasteiger partial charge in [0.2, 0.25) is 5.91 Å². The summed E-state index contributed by atoms with van der Waals surface area (Å²) in [6.07, 6.45) is 1.59. The van der Waals surface area contributed by atoms with Gasteiger partial charge in [0.05, 0.1) is 12.7 Å². The number of carboxylic acids is 1. The second-order valence-electron chi connectivity index (χ2n) is 3.25. The number of hydrogen-bond donors (Lipinski definition) is 2. The van der Waals surface area contributed by atoms with Crippen LogP contribution < -0.4 is 5.32 Å². The van der Waals surface area contributed by atoms with Crippen LogP contribution in [0, 0.1) is 6.92 Å². The molecule has 0 aromatic carbocycles. The maximum absolute atomic E-state index is 11.4. The minimum absolute atomic E-state index is 0.247. The second-order valence-corrected chi connectivity index (χ2v) is 4.51. The molecule has 1 aromatic rings. The van der Waals surface area contributed by atoms with E-state index in [2.05, 4.69) is 10.1 Å². The van der Waals surface area contributed by atoms with Gasteiger partial charge in [0.15, 0.2) is 0 Å². The Morgan fingerprint density at radius 3 is 2.61 bits per heavy atom. The number of esters is 1. The number of aliphatic carboxylic acids is 1. The largest absolute Gasteiger partial charge is 0.478 e. The fourth-order valence-electron chi connectivity index (χ4n) is 1.17. The lowest BCUT2D eigenvalue weighted by molar-refractivity contribution is -0.131. The van der Waals surface area contributed by atoms with Crippen LogP contribution in [0.2, 0.25) is 0 Å². The Balaban J connectivity index is 2.87. The van der Waals surface area contributed by atoms with Gasteiger partial charge in [-0.05, 0) is 13.0 Å². The number of ether oxygens (including phenoxy) is 1. The number of carbonyl (C=O) groups excluding carboxylic acids is 2. The number of nitrogens with one attached hydrogen (secondary N) is 1. The molecule has 6 nitrogen and oxygen atoms in total. The van der Waals surface area contributed by atoms with Crippen molar-refractivity contribution < 1.29 is 24.2 Å². The Kier molecular flexibility index (Phi) is 4.61. The third-order valence-corrected chi connectivity index (χ3v) is 2.84. The average molecular weight is 269 g/mol. The van der Waals surface area contributed by atoms with Crippen molar-refractivity contribution in [3.05, 3.63) is 28.7 Å². The first-order valence-corrected chi connectivity index (χ1v) is 5.66. The minimum Gasteiger partial charge on any atom is -0.478 e. The van der Waals surface area contributed by atoms with Crippen molar-refractivity contribution in [2.24, 2.45) is 0 Å². The SMILES string of the molecule is COC(=O)c1cc(C)sc1NC(=O)/C=C/C(=O)O. The van der Waals surface area contributed by atoms with Crippen molar-refractivity contribution in [3.8, 4) is 0 Å². The summed E-state index contributed by atoms with van der Waals surface area (Å²) >= 11 is 1.21. The van der Waals surface area contributed by atoms with Gasteiger partial charge in [0.25, 0.3) is 0 Å². The summed E-state index contributed by atoms with van der Waals surface area (Å²) in [5.41, 5.74) is 0.247. The quantitative estimate of drug-likeness (QED) is 0.637. The van der Waals surface area contributed by atoms with Crippen LogP contribution in [0.5, 0.6) is 0 Å². The Bertz CT molecular complexity index is 518. The summed E-state index contributed by atoms with van der Waals surface area (Å²) in [6.45, 7) is 1.78. The molecule has 18 heavy (non-hydrogen) atoms. The minimum atomic E-state index is -1.22. The predicted molar refractivity (Wildman–Crippen MR) is 65.8 cm³/mol. The number of rotatable bonds is 4. The lowest BCUT2D eigenvalue weighted by Gasteiger charge is -2.01. The molecule has 7 heteroatoms. The molecule has 0 bridgehead atoms. The zero-order valence-electron chi connectivity index (χ0n) is 9.72. The number of aryl methyl sites for hydroxylation is 1. The smallest absolute Gasteiger partial charge is 0.340 e. The highest BCUT2D eigenvalue weighted by molar-refractivity contribution is 7.16. The van der Waals surface area contributed by atoms with E-state index in [-0.39, 0.29) is 5.56 Å². The van der Waals surface area contributed by atoms with E-state index in [9.17, 15) is 14.4 Å². The molecule has 1 heterocycles. The highest BCUT2D eigenvalue weighted by Gasteiger charge is 2.16. The third-order valence-electron chi connectivity index (χ3n) is 1.87. The highest BCUT2D eigenvalue weighted by atomic mass is 32.1. The summed E-state index contributed by atoms with van der Waals surface area (Å²) in [5.74, 6) is -2.40. The molecular weight excluding hydrogens is 258 g/mol. The number of carbonyl (C=O) groups is 3. The van der Waals surface area contributed by atoms with Crippen LogP contribution in [0.4, 0.5) is 5.00 Å². The van der Waals surface area contributed by atoms with Crippen LogP contribution in [0.3, 0.4) is 0 Å². The normalized spacial score (nSPS) is 10.3. The molecule has 0 aliphatic heterocycles. The van der Waals surface area contributed by atoms with Crippen molar-refractivity contribution in [1.29, 1.82) is 0 Å². The number of anilines is 1. The van der Waals surface area contributed by atoms with E-state index in [0.29, 0.717) is 11.1 Å². The third kappa shape index (κ3) is 3.70. The fraction of sp³-hybridized carbons (Fsp3) is 0.182. The Morgan fingerprint density at radius 1 is 1.39 bits per heavy atom. The van der Waals surface area contributed by atoms with Gasteiger partial charge in [-0.25, -0.2) is 9.59 Å². The molecule has 0 fully saturated rings. The lowest BCUT2D eigenvalue weighted by Crippen LogP contribution is -2.11. The van der Waals surface area contributed by atoms with Crippen LogP contribution in [-0.4, -0.2) is 30.1 Å². The molecule has 0 aliphatic rings. The van der Waals surface area contributed by atoms with E-state index >= 15 is 0 Å². The molecule has 1 aromatic heterocycles. The van der Waals surface area contributed by atoms with Crippen molar-refractivity contribution in [2.45, 2.75) is 6.92 Å². The molecule has 0 atom stereocenters. The monoisotopic (exact) mass is 269 g/mol. The molecule has 1 rings (SSSR count). The van der Waals surface area contributed by atoms with Gasteiger partial charge >= 0.3 is 11.9 Å². The summed E-state index contributed by atoms with van der Waals surface area (Å²) in [6, 6.07) is 1.59. The van der Waals surface area contributed by atoms with E-state index in [1.54, 1.807) is 13.0 Å². The second kappa shape index (κ2) is 5.97. The van der Waals surface area contributed by atoms with E-state index < -0.39 is 17.8 Å². The van der Waals surface area contributed by atoms with Crippen LogP contribution in [0.1, 0.15) is 15.2 Å². The van der Waals surface area contributed by atoms with Gasteiger partial charge in [-0.15, -0.1) is 11.3 Å². The summed E-state index contributed by atoms with van der Waals surface area (Å²) in [4.78, 5) is 33.9. The molecule has 96 valence electrons. The zero-order valence-corrected chi connectivity index (χ0v) is 10.5. The number of amides is 1. The van der Waals surface area contributed by atoms with Crippen molar-refractivity contribution in [2.75, 3.05) is 12.4 Å². The van der Waals surface area contributed by atoms with E-state index in [0.717, 1.165) is 11.0 Å². The molecule has 0 aliphatic carbocycles. The van der Waals surface area contributed by atoms with Crippen molar-refractivity contribution in [1.82, 2.24) is 0 Å². The number of thiophene rings is 1. The number of hydrogen-bond acceptors (Lipinski definition) is 5. The molecule has 0 saturated heterocycles. The van der Waals surface area contributed by atoms with Crippen LogP contribution in [0.15, 0.2) is 18.2 Å². The Morgan fingerprint density at radius 2 is 2.06 bits per heavy atom. The molecule has 0 saturated carbocycles. The first-order valence-electron chi connectivity index (χ1n) is 4.84. The number of carboxylic acid groups (broad SMARTS) is 1. The molecule has 0 spiro atoms. The van der Waals surface area contributed by atoms with Gasteiger partial charge < -0.3 is 15.2 Å². The van der Waals surface area contributed by atoms with Crippen molar-refractivity contribution in [3.63, 3.8) is 0 Å². The fourth-order valence-corrected chi connectivity index (χ4v) is 2.07. The first kappa shape index (κ1) is 13.9. The van der Waals surface area contributed by atoms with E-state index in [1.165, 1.54) is 18.4 Å². The Labute approximate surface area is 107 Å². The lowest BCUT2D eigenvalue weighted by atomic mass is 10.3. The first-order chi connectivity index (χ1) is 8.43. The van der Waals surface area contributed by atoms with Gasteiger partial charge in [-0.3, -0.25) is 4.79 Å². The predicted octanol–water partition coefficient (Wildman–Crippen LogP) is 1.42. The molecule has 1 amide bonds. The number of methoxy groups -OCH3 is 1. The van der Waals surface area contributed by atoms with Gasteiger partial charge in [-0.2, -0.15) is 0 Å². The maximum Gasteiger partial charge on any atom is 0.340 e. The van der Waals surface area contributed by atoms with Crippen LogP contribution in [-0.2, 0) is 14.3 Å². The van der Waals surface area contributed by atoms with Crippen LogP contribution in [0.25, 0.3) is 0 Å². The average Bonchev–Trinajstić information content (AvgIpc) is 2.66. The van der Waals surface area contributed by atoms with Gasteiger partial charge in [0.1, 0.15) is 5.00 Å². The standard InChI is InChI=1S/C11H11NO5S/c1-6-5-7(11(16)17-2)10(18-6)12-8(13)3-4-9(14)15/h3-5H,1-2H3,(H,12,13)(H,14,15)/b4-3+. The van der Waals surface area contributed by atoms with E-state index in [1.807, 2.05) is 0 Å². The summed E-state index contributed by atoms with van der Waals surface area (Å²) in [7, 11) is 1.24. The molecule has 0 unspecified atom stereocenters. The topological polar surface area (TPSA) is 92.7 Å². The molecule has 2 N–H and O–H groups in total. The van der Waals surface area contributed by atoms with Crippen LogP contribution >= 0.6 is 11.3 Å². The van der Waals surface area contributed by atoms with Gasteiger partial charge in [0, 0.05) is 17.0 Å². The highest BCUT2D eigenvalue weighted by Crippen LogP contribution is 2.28. The molecule has 0 radical (unpaired) electrons. The Hall–Kier alpha value is -2.15. The summed E-state index contributed by atoms with van der Waals surface area (Å²) < 4.78 is 4.57. The zero-order chi connectivity index (χ0) is 13.7. The maximum atomic E-state index is 11.4. The van der Waals surface area contributed by atoms with E-state index in [4.69, 9.17) is 5.11 Å². The van der Waals surface area contributed by atoms with Crippen molar-refractivity contribution >= 4 is 34.2 Å². The van der Waals surface area contributed by atoms with Gasteiger partial charge in [-0.1, -0.05) is 0 Å². The molecular formula is C11H11NO5S. The summed E-state index contributed by atoms with van der Waals surface area (Å²) in [5, 5.41) is 11.1.